The third kappa shape index (κ3) is 3.42. The molecule has 3 aromatic rings. The molecule has 156 valence electrons. The van der Waals surface area contributed by atoms with Gasteiger partial charge in [-0.2, -0.15) is 0 Å². The number of hydrogen-bond donors (Lipinski definition) is 1. The van der Waals surface area contributed by atoms with E-state index in [0.29, 0.717) is 28.8 Å². The van der Waals surface area contributed by atoms with Crippen LogP contribution in [0.2, 0.25) is 0 Å². The number of rotatable bonds is 4. The molecule has 1 amide bonds. The lowest BCUT2D eigenvalue weighted by Crippen LogP contribution is -2.36. The van der Waals surface area contributed by atoms with Gasteiger partial charge >= 0.3 is 0 Å². The first-order valence-corrected chi connectivity index (χ1v) is 9.75. The van der Waals surface area contributed by atoms with Gasteiger partial charge < -0.3 is 14.2 Å². The smallest absolute Gasteiger partial charge is 0.296 e. The van der Waals surface area contributed by atoms with Gasteiger partial charge in [0.2, 0.25) is 6.79 Å². The van der Waals surface area contributed by atoms with Crippen molar-refractivity contribution in [1.82, 2.24) is 9.99 Å². The van der Waals surface area contributed by atoms with Crippen molar-refractivity contribution in [3.05, 3.63) is 59.4 Å². The Morgan fingerprint density at radius 1 is 1.10 bits per heavy atom. The van der Waals surface area contributed by atoms with Crippen LogP contribution in [0.4, 0.5) is 5.69 Å². The highest BCUT2D eigenvalue weighted by Crippen LogP contribution is 2.34. The Labute approximate surface area is 178 Å². The topological polar surface area (TPSA) is 85.3 Å². The number of aromatic nitrogens is 1. The minimum absolute atomic E-state index is 0.202. The molecule has 2 aliphatic heterocycles. The molecule has 0 bridgehead atoms. The molecule has 0 unspecified atom stereocenters. The Bertz CT molecular complexity index is 1280. The van der Waals surface area contributed by atoms with Crippen LogP contribution in [0, 0.1) is 6.92 Å². The maximum atomic E-state index is 13.1. The molecule has 8 nitrogen and oxygen atoms in total. The van der Waals surface area contributed by atoms with Gasteiger partial charge in [-0.25, -0.2) is 10.0 Å². The fourth-order valence-corrected chi connectivity index (χ4v) is 3.60. The number of nitrogens with zero attached hydrogens (tertiary/aromatic N) is 3. The molecule has 1 N–H and O–H groups in total. The zero-order valence-electron chi connectivity index (χ0n) is 17.3. The number of carbonyl (C=O) groups excluding carboxylic acids is 1. The highest BCUT2D eigenvalue weighted by molar-refractivity contribution is 6.14. The molecule has 1 aromatic heterocycles. The van der Waals surface area contributed by atoms with Crippen LogP contribution in [0.15, 0.2) is 53.2 Å². The van der Waals surface area contributed by atoms with Crippen molar-refractivity contribution in [1.29, 1.82) is 0 Å². The Morgan fingerprint density at radius 2 is 1.94 bits per heavy atom. The number of ether oxygens (including phenoxy) is 3. The molecule has 5 rings (SSSR count). The van der Waals surface area contributed by atoms with E-state index in [-0.39, 0.29) is 12.7 Å². The Hall–Kier alpha value is -4.07. The van der Waals surface area contributed by atoms with Gasteiger partial charge in [0.05, 0.1) is 18.3 Å². The van der Waals surface area contributed by atoms with Crippen LogP contribution in [0.1, 0.15) is 18.2 Å². The minimum atomic E-state index is -0.249. The number of methoxy groups -OCH3 is 1. The lowest BCUT2D eigenvalue weighted by atomic mass is 10.1. The second-order valence-corrected chi connectivity index (χ2v) is 7.25. The van der Waals surface area contributed by atoms with Crippen LogP contribution in [-0.4, -0.2) is 35.6 Å². The molecule has 0 radical (unpaired) electrons. The van der Waals surface area contributed by atoms with Crippen molar-refractivity contribution in [2.24, 2.45) is 4.99 Å². The normalized spacial score (nSPS) is 16.2. The van der Waals surface area contributed by atoms with E-state index < -0.39 is 0 Å². The van der Waals surface area contributed by atoms with Crippen LogP contribution in [-0.2, 0) is 4.79 Å². The maximum Gasteiger partial charge on any atom is 0.296 e. The molecule has 0 aliphatic carbocycles. The van der Waals surface area contributed by atoms with Crippen LogP contribution in [0.3, 0.4) is 0 Å². The number of fused-ring (bicyclic) bond motifs is 2. The average Bonchev–Trinajstić information content (AvgIpc) is 3.33. The molecule has 0 fully saturated rings. The summed E-state index contributed by atoms with van der Waals surface area (Å²) in [5.74, 6) is 2.35. The largest absolute Gasteiger partial charge is 0.497 e. The van der Waals surface area contributed by atoms with Crippen LogP contribution in [0.25, 0.3) is 17.0 Å². The molecule has 2 aromatic carbocycles. The standard InChI is InChI=1S/C23H20N4O4/c1-13-8-19(17-11-16(29-3)5-6-18(17)24-13)26-27-14(2)25-20(23(27)28)9-15-4-7-21-22(10-15)31-12-30-21/h4-11H,12H2,1-3H3,(H,24,26)/b20-9+. The van der Waals surface area contributed by atoms with E-state index >= 15 is 0 Å². The second-order valence-electron chi connectivity index (χ2n) is 7.25. The first-order chi connectivity index (χ1) is 15.0. The van der Waals surface area contributed by atoms with E-state index in [1.165, 1.54) is 5.01 Å². The van der Waals surface area contributed by atoms with Gasteiger partial charge in [-0.05, 0) is 61.9 Å². The first kappa shape index (κ1) is 18.9. The van der Waals surface area contributed by atoms with Gasteiger partial charge in [0.25, 0.3) is 5.91 Å². The van der Waals surface area contributed by atoms with Crippen molar-refractivity contribution >= 4 is 34.4 Å². The molecular weight excluding hydrogens is 396 g/mol. The van der Waals surface area contributed by atoms with Crippen molar-refractivity contribution in [3.63, 3.8) is 0 Å². The predicted molar refractivity (Wildman–Crippen MR) is 117 cm³/mol. The molecule has 0 spiro atoms. The van der Waals surface area contributed by atoms with E-state index in [0.717, 1.165) is 27.8 Å². The zero-order valence-corrected chi connectivity index (χ0v) is 17.3. The number of benzene rings is 2. The molecule has 8 heteroatoms. The summed E-state index contributed by atoms with van der Waals surface area (Å²) in [6, 6.07) is 13.0. The summed E-state index contributed by atoms with van der Waals surface area (Å²) >= 11 is 0. The van der Waals surface area contributed by atoms with Gasteiger partial charge in [-0.15, -0.1) is 0 Å². The number of amides is 1. The van der Waals surface area contributed by atoms with Gasteiger partial charge in [0.1, 0.15) is 17.3 Å². The SMILES string of the molecule is COc1ccc2nc(C)cc(NN3C(=O)/C(=C\c4ccc5c(c4)OCO5)N=C3C)c2c1. The fraction of sp³-hybridized carbons (Fsp3) is 0.174. The molecule has 0 saturated carbocycles. The van der Waals surface area contributed by atoms with Gasteiger partial charge in [-0.3, -0.25) is 15.2 Å². The first-order valence-electron chi connectivity index (χ1n) is 9.75. The lowest BCUT2D eigenvalue weighted by molar-refractivity contribution is -0.121. The van der Waals surface area contributed by atoms with E-state index in [9.17, 15) is 4.79 Å². The van der Waals surface area contributed by atoms with Gasteiger partial charge in [0, 0.05) is 11.1 Å². The third-order valence-corrected chi connectivity index (χ3v) is 5.10. The number of aliphatic imine (C=N–C) groups is 1. The van der Waals surface area contributed by atoms with Crippen LogP contribution >= 0.6 is 0 Å². The number of nitrogens with one attached hydrogen (secondary N) is 1. The van der Waals surface area contributed by atoms with Crippen molar-refractivity contribution in [2.45, 2.75) is 13.8 Å². The summed E-state index contributed by atoms with van der Waals surface area (Å²) < 4.78 is 16.1. The molecule has 31 heavy (non-hydrogen) atoms. The average molecular weight is 416 g/mol. The zero-order chi connectivity index (χ0) is 21.5. The number of hydrogen-bond acceptors (Lipinski definition) is 7. The van der Waals surface area contributed by atoms with Gasteiger partial charge in [0.15, 0.2) is 11.5 Å². The van der Waals surface area contributed by atoms with E-state index in [2.05, 4.69) is 15.4 Å². The number of anilines is 1. The second kappa shape index (κ2) is 7.32. The number of aryl methyl sites for hydroxylation is 1. The van der Waals surface area contributed by atoms with Crippen LogP contribution in [0.5, 0.6) is 17.2 Å². The molecule has 0 atom stereocenters. The monoisotopic (exact) mass is 416 g/mol. The molecule has 3 heterocycles. The highest BCUT2D eigenvalue weighted by Gasteiger charge is 2.28. The summed E-state index contributed by atoms with van der Waals surface area (Å²) in [7, 11) is 1.61. The molecule has 2 aliphatic rings. The van der Waals surface area contributed by atoms with E-state index in [1.54, 1.807) is 20.1 Å². The number of carbonyl (C=O) groups is 1. The summed E-state index contributed by atoms with van der Waals surface area (Å²) in [5.41, 5.74) is 6.72. The van der Waals surface area contributed by atoms with Gasteiger partial charge in [-0.1, -0.05) is 6.07 Å². The Kier molecular flexibility index (Phi) is 4.47. The summed E-state index contributed by atoms with van der Waals surface area (Å²) in [6.45, 7) is 3.89. The van der Waals surface area contributed by atoms with Crippen LogP contribution < -0.4 is 19.6 Å². The van der Waals surface area contributed by atoms with Crippen molar-refractivity contribution in [2.75, 3.05) is 19.3 Å². The quantitative estimate of drug-likeness (QED) is 0.649. The minimum Gasteiger partial charge on any atom is -0.497 e. The molecular formula is C23H20N4O4. The summed E-state index contributed by atoms with van der Waals surface area (Å²) in [5, 5.41) is 2.28. The maximum absolute atomic E-state index is 13.1. The van der Waals surface area contributed by atoms with Crippen molar-refractivity contribution < 1.29 is 19.0 Å². The predicted octanol–water partition coefficient (Wildman–Crippen LogP) is 3.91. The number of pyridine rings is 1. The fourth-order valence-electron chi connectivity index (χ4n) is 3.60. The lowest BCUT2D eigenvalue weighted by Gasteiger charge is -2.20. The Balaban J connectivity index is 1.46. The summed E-state index contributed by atoms with van der Waals surface area (Å²) in [6.07, 6.45) is 1.73. The Morgan fingerprint density at radius 3 is 2.77 bits per heavy atom. The molecule has 0 saturated heterocycles. The van der Waals surface area contributed by atoms with Crippen molar-refractivity contribution in [3.8, 4) is 17.2 Å². The number of amidine groups is 1. The summed E-state index contributed by atoms with van der Waals surface area (Å²) in [4.78, 5) is 22.1. The van der Waals surface area contributed by atoms with E-state index in [4.69, 9.17) is 14.2 Å². The highest BCUT2D eigenvalue weighted by atomic mass is 16.7. The number of hydrazine groups is 1. The van der Waals surface area contributed by atoms with E-state index in [1.807, 2.05) is 49.4 Å². The third-order valence-electron chi connectivity index (χ3n) is 5.10.